The number of aryl methyl sites for hydroxylation is 1. The minimum absolute atomic E-state index is 0.178. The number of piperidine rings is 1. The maximum atomic E-state index is 12.4. The molecule has 144 valence electrons. The van der Waals surface area contributed by atoms with Gasteiger partial charge in [-0.15, -0.1) is 0 Å². The quantitative estimate of drug-likeness (QED) is 0.841. The van der Waals surface area contributed by atoms with Crippen molar-refractivity contribution < 1.29 is 14.3 Å². The van der Waals surface area contributed by atoms with E-state index in [0.29, 0.717) is 0 Å². The Kier molecular flexibility index (Phi) is 6.35. The molecule has 1 aliphatic rings. The van der Waals surface area contributed by atoms with Gasteiger partial charge in [-0.05, 0) is 69.6 Å². The first-order valence-electron chi connectivity index (χ1n) is 9.49. The fourth-order valence-corrected chi connectivity index (χ4v) is 3.09. The number of ether oxygens (including phenoxy) is 2. The van der Waals surface area contributed by atoms with Gasteiger partial charge in [0, 0.05) is 18.8 Å². The molecule has 1 aliphatic heterocycles. The predicted molar refractivity (Wildman–Crippen MR) is 107 cm³/mol. The van der Waals surface area contributed by atoms with Crippen LogP contribution in [0.3, 0.4) is 0 Å². The second-order valence-corrected chi connectivity index (χ2v) is 7.16. The molecule has 27 heavy (non-hydrogen) atoms. The molecule has 2 aromatic carbocycles. The van der Waals surface area contributed by atoms with Gasteiger partial charge >= 0.3 is 0 Å². The summed E-state index contributed by atoms with van der Waals surface area (Å²) < 4.78 is 11.8. The zero-order chi connectivity index (χ0) is 19.2. The molecule has 1 atom stereocenters. The topological polar surface area (TPSA) is 50.8 Å². The van der Waals surface area contributed by atoms with E-state index in [1.807, 2.05) is 55.5 Å². The molecule has 1 saturated heterocycles. The molecular weight excluding hydrogens is 340 g/mol. The molecular formula is C22H28N2O3. The zero-order valence-corrected chi connectivity index (χ0v) is 16.3. The zero-order valence-electron chi connectivity index (χ0n) is 16.3. The summed E-state index contributed by atoms with van der Waals surface area (Å²) in [6.07, 6.45) is 1.77. The van der Waals surface area contributed by atoms with Crippen molar-refractivity contribution in [3.05, 3.63) is 54.1 Å². The van der Waals surface area contributed by atoms with Crippen LogP contribution >= 0.6 is 0 Å². The number of amides is 1. The maximum Gasteiger partial charge on any atom is 0.265 e. The monoisotopic (exact) mass is 368 g/mol. The van der Waals surface area contributed by atoms with Crippen molar-refractivity contribution in [2.24, 2.45) is 0 Å². The number of para-hydroxylation sites is 1. The van der Waals surface area contributed by atoms with Crippen molar-refractivity contribution in [1.82, 2.24) is 4.90 Å². The van der Waals surface area contributed by atoms with Crippen LogP contribution in [0.15, 0.2) is 48.5 Å². The van der Waals surface area contributed by atoms with Gasteiger partial charge in [0.15, 0.2) is 6.10 Å². The smallest absolute Gasteiger partial charge is 0.265 e. The van der Waals surface area contributed by atoms with Crippen molar-refractivity contribution in [1.29, 1.82) is 0 Å². The SMILES string of the molecule is Cc1ccccc1O[C@H](C)C(=O)Nc1ccc(OC2CCN(C)CC2)cc1. The summed E-state index contributed by atoms with van der Waals surface area (Å²) in [6, 6.07) is 15.2. The van der Waals surface area contributed by atoms with Gasteiger partial charge in [-0.2, -0.15) is 0 Å². The molecule has 1 amide bonds. The molecule has 0 unspecified atom stereocenters. The highest BCUT2D eigenvalue weighted by Gasteiger charge is 2.18. The average Bonchev–Trinajstić information content (AvgIpc) is 2.67. The largest absolute Gasteiger partial charge is 0.490 e. The number of hydrogen-bond acceptors (Lipinski definition) is 4. The second kappa shape index (κ2) is 8.91. The number of carbonyl (C=O) groups is 1. The van der Waals surface area contributed by atoms with E-state index in [-0.39, 0.29) is 12.0 Å². The van der Waals surface area contributed by atoms with Gasteiger partial charge in [0.05, 0.1) is 0 Å². The standard InChI is InChI=1S/C22H28N2O3/c1-16-6-4-5-7-21(16)26-17(2)22(25)23-18-8-10-19(11-9-18)27-20-12-14-24(3)15-13-20/h4-11,17,20H,12-15H2,1-3H3,(H,23,25)/t17-/m1/s1. The Morgan fingerprint density at radius 2 is 1.78 bits per heavy atom. The first-order chi connectivity index (χ1) is 13.0. The molecule has 2 aromatic rings. The molecule has 0 radical (unpaired) electrons. The van der Waals surface area contributed by atoms with E-state index in [1.54, 1.807) is 6.92 Å². The van der Waals surface area contributed by atoms with Crippen molar-refractivity contribution in [2.75, 3.05) is 25.5 Å². The molecule has 0 aliphatic carbocycles. The lowest BCUT2D eigenvalue weighted by Crippen LogP contribution is -2.35. The third-order valence-corrected chi connectivity index (χ3v) is 4.86. The molecule has 5 heteroatoms. The van der Waals surface area contributed by atoms with Crippen LogP contribution in [0.2, 0.25) is 0 Å². The number of benzene rings is 2. The van der Waals surface area contributed by atoms with E-state index in [1.165, 1.54) is 0 Å². The van der Waals surface area contributed by atoms with Crippen molar-refractivity contribution in [3.63, 3.8) is 0 Å². The minimum Gasteiger partial charge on any atom is -0.490 e. The summed E-state index contributed by atoms with van der Waals surface area (Å²) in [6.45, 7) is 5.84. The van der Waals surface area contributed by atoms with E-state index in [0.717, 1.165) is 48.7 Å². The fraction of sp³-hybridized carbons (Fsp3) is 0.409. The van der Waals surface area contributed by atoms with E-state index in [9.17, 15) is 4.79 Å². The molecule has 3 rings (SSSR count). The van der Waals surface area contributed by atoms with Gasteiger partial charge in [0.1, 0.15) is 17.6 Å². The van der Waals surface area contributed by atoms with Gasteiger partial charge in [-0.25, -0.2) is 0 Å². The van der Waals surface area contributed by atoms with Crippen LogP contribution in [-0.4, -0.2) is 43.2 Å². The molecule has 0 spiro atoms. The number of rotatable bonds is 6. The number of likely N-dealkylation sites (tertiary alicyclic amines) is 1. The number of nitrogens with one attached hydrogen (secondary N) is 1. The number of anilines is 1. The summed E-state index contributed by atoms with van der Waals surface area (Å²) in [5.41, 5.74) is 1.74. The number of carbonyl (C=O) groups excluding carboxylic acids is 1. The van der Waals surface area contributed by atoms with Crippen molar-refractivity contribution in [2.45, 2.75) is 38.9 Å². The van der Waals surface area contributed by atoms with E-state index in [2.05, 4.69) is 17.3 Å². The Morgan fingerprint density at radius 3 is 2.44 bits per heavy atom. The Labute approximate surface area is 161 Å². The summed E-state index contributed by atoms with van der Waals surface area (Å²) in [4.78, 5) is 14.7. The van der Waals surface area contributed by atoms with Gasteiger partial charge in [0.25, 0.3) is 5.91 Å². The van der Waals surface area contributed by atoms with Crippen LogP contribution in [0.4, 0.5) is 5.69 Å². The Morgan fingerprint density at radius 1 is 1.11 bits per heavy atom. The minimum atomic E-state index is -0.582. The lowest BCUT2D eigenvalue weighted by molar-refractivity contribution is -0.122. The Hall–Kier alpha value is -2.53. The van der Waals surface area contributed by atoms with Crippen LogP contribution in [0.5, 0.6) is 11.5 Å². The van der Waals surface area contributed by atoms with Crippen LogP contribution in [0, 0.1) is 6.92 Å². The molecule has 1 N–H and O–H groups in total. The lowest BCUT2D eigenvalue weighted by Gasteiger charge is -2.29. The highest BCUT2D eigenvalue weighted by Crippen LogP contribution is 2.22. The van der Waals surface area contributed by atoms with E-state index < -0.39 is 6.10 Å². The first kappa shape index (κ1) is 19.2. The fourth-order valence-electron chi connectivity index (χ4n) is 3.09. The highest BCUT2D eigenvalue weighted by atomic mass is 16.5. The molecule has 0 saturated carbocycles. The third-order valence-electron chi connectivity index (χ3n) is 4.86. The second-order valence-electron chi connectivity index (χ2n) is 7.16. The highest BCUT2D eigenvalue weighted by molar-refractivity contribution is 5.94. The third kappa shape index (κ3) is 5.47. The number of nitrogens with zero attached hydrogens (tertiary/aromatic N) is 1. The van der Waals surface area contributed by atoms with Crippen LogP contribution < -0.4 is 14.8 Å². The Balaban J connectivity index is 1.51. The van der Waals surface area contributed by atoms with E-state index >= 15 is 0 Å². The van der Waals surface area contributed by atoms with Crippen LogP contribution in [-0.2, 0) is 4.79 Å². The predicted octanol–water partition coefficient (Wildman–Crippen LogP) is 3.87. The Bertz CT molecular complexity index is 752. The van der Waals surface area contributed by atoms with Crippen molar-refractivity contribution >= 4 is 11.6 Å². The summed E-state index contributed by atoms with van der Waals surface area (Å²) in [7, 11) is 2.14. The molecule has 0 aromatic heterocycles. The summed E-state index contributed by atoms with van der Waals surface area (Å²) in [5, 5.41) is 2.89. The van der Waals surface area contributed by atoms with Crippen molar-refractivity contribution in [3.8, 4) is 11.5 Å². The van der Waals surface area contributed by atoms with Gasteiger partial charge in [-0.3, -0.25) is 4.79 Å². The van der Waals surface area contributed by atoms with Crippen LogP contribution in [0.1, 0.15) is 25.3 Å². The first-order valence-corrected chi connectivity index (χ1v) is 9.49. The normalized spacial score (nSPS) is 16.6. The van der Waals surface area contributed by atoms with Gasteiger partial charge < -0.3 is 19.7 Å². The summed E-state index contributed by atoms with van der Waals surface area (Å²) in [5.74, 6) is 1.39. The summed E-state index contributed by atoms with van der Waals surface area (Å²) >= 11 is 0. The average molecular weight is 368 g/mol. The molecule has 5 nitrogen and oxygen atoms in total. The molecule has 1 heterocycles. The van der Waals surface area contributed by atoms with Crippen LogP contribution in [0.25, 0.3) is 0 Å². The van der Waals surface area contributed by atoms with Gasteiger partial charge in [0.2, 0.25) is 0 Å². The molecule has 1 fully saturated rings. The van der Waals surface area contributed by atoms with Gasteiger partial charge in [-0.1, -0.05) is 18.2 Å². The maximum absolute atomic E-state index is 12.4. The van der Waals surface area contributed by atoms with E-state index in [4.69, 9.17) is 9.47 Å². The number of hydrogen-bond donors (Lipinski definition) is 1. The lowest BCUT2D eigenvalue weighted by atomic mass is 10.1. The molecule has 0 bridgehead atoms.